The van der Waals surface area contributed by atoms with Crippen LogP contribution in [0.25, 0.3) is 0 Å². The zero-order valence-corrected chi connectivity index (χ0v) is 10.7. The lowest BCUT2D eigenvalue weighted by atomic mass is 9.95. The van der Waals surface area contributed by atoms with Gasteiger partial charge in [-0.05, 0) is 20.8 Å². The van der Waals surface area contributed by atoms with E-state index in [1.165, 1.54) is 0 Å². The number of aromatic nitrogens is 1. The largest absolute Gasteiger partial charge is 0.349 e. The Balaban J connectivity index is 2.47. The Kier molecular flexibility index (Phi) is 4.11. The van der Waals surface area contributed by atoms with Gasteiger partial charge >= 0.3 is 0 Å². The summed E-state index contributed by atoms with van der Waals surface area (Å²) in [4.78, 5) is 17.0. The fraction of sp³-hybridized carbons (Fsp3) is 0.600. The summed E-state index contributed by atoms with van der Waals surface area (Å²) in [5.41, 5.74) is -0.520. The van der Waals surface area contributed by atoms with Gasteiger partial charge in [-0.3, -0.25) is 4.79 Å². The fourth-order valence-corrected chi connectivity index (χ4v) is 1.79. The topological polar surface area (TPSA) is 42.0 Å². The second-order valence-corrected chi connectivity index (χ2v) is 5.65. The first-order valence-electron chi connectivity index (χ1n) is 4.71. The molecule has 3 nitrogen and oxygen atoms in total. The normalized spacial score (nSPS) is 11.5. The van der Waals surface area contributed by atoms with Gasteiger partial charge in [-0.25, -0.2) is 4.98 Å². The molecule has 0 atom stereocenters. The lowest BCUT2D eigenvalue weighted by Crippen LogP contribution is -2.37. The highest BCUT2D eigenvalue weighted by atomic mass is 35.5. The van der Waals surface area contributed by atoms with E-state index in [2.05, 4.69) is 10.3 Å². The van der Waals surface area contributed by atoms with Crippen molar-refractivity contribution >= 4 is 28.8 Å². The van der Waals surface area contributed by atoms with Crippen LogP contribution in [-0.4, -0.2) is 16.8 Å². The Morgan fingerprint density at radius 2 is 2.33 bits per heavy atom. The van der Waals surface area contributed by atoms with Crippen molar-refractivity contribution in [2.45, 2.75) is 27.3 Å². The first kappa shape index (κ1) is 12.5. The van der Waals surface area contributed by atoms with Crippen LogP contribution in [0.3, 0.4) is 0 Å². The minimum Gasteiger partial charge on any atom is -0.349 e. The van der Waals surface area contributed by atoms with E-state index in [9.17, 15) is 4.79 Å². The standard InChI is InChI=1S/C10H15ClN2OS/c1-7-4-12-8(15-7)5-13-9(14)10(2,3)6-11/h4H,5-6H2,1-3H3,(H,13,14). The van der Waals surface area contributed by atoms with E-state index in [-0.39, 0.29) is 5.91 Å². The van der Waals surface area contributed by atoms with Gasteiger partial charge < -0.3 is 5.32 Å². The number of hydrogen-bond donors (Lipinski definition) is 1. The van der Waals surface area contributed by atoms with Crippen LogP contribution in [0.1, 0.15) is 23.7 Å². The number of hydrogen-bond acceptors (Lipinski definition) is 3. The predicted octanol–water partition coefficient (Wildman–Crippen LogP) is 2.33. The molecule has 0 fully saturated rings. The molecule has 1 rings (SSSR count). The minimum absolute atomic E-state index is 0.0367. The Hall–Kier alpha value is -0.610. The number of carbonyl (C=O) groups excluding carboxylic acids is 1. The Labute approximate surface area is 98.9 Å². The van der Waals surface area contributed by atoms with Crippen molar-refractivity contribution in [2.75, 3.05) is 5.88 Å². The molecule has 0 unspecified atom stereocenters. The third-order valence-electron chi connectivity index (χ3n) is 2.02. The second kappa shape index (κ2) is 4.94. The monoisotopic (exact) mass is 246 g/mol. The number of nitrogens with zero attached hydrogens (tertiary/aromatic N) is 1. The van der Waals surface area contributed by atoms with Crippen molar-refractivity contribution in [1.29, 1.82) is 0 Å². The molecule has 5 heteroatoms. The van der Waals surface area contributed by atoms with E-state index in [0.29, 0.717) is 12.4 Å². The quantitative estimate of drug-likeness (QED) is 0.829. The molecule has 1 aromatic rings. The summed E-state index contributed by atoms with van der Waals surface area (Å²) in [5.74, 6) is 0.278. The average Bonchev–Trinajstić information content (AvgIpc) is 2.60. The zero-order valence-electron chi connectivity index (χ0n) is 9.13. The van der Waals surface area contributed by atoms with Crippen LogP contribution in [0.2, 0.25) is 0 Å². The number of alkyl halides is 1. The van der Waals surface area contributed by atoms with Gasteiger partial charge in [-0.2, -0.15) is 0 Å². The van der Waals surface area contributed by atoms with E-state index in [1.54, 1.807) is 17.5 Å². The highest BCUT2D eigenvalue weighted by Crippen LogP contribution is 2.17. The van der Waals surface area contributed by atoms with Gasteiger partial charge in [0.25, 0.3) is 0 Å². The van der Waals surface area contributed by atoms with Gasteiger partial charge in [0.1, 0.15) is 5.01 Å². The molecule has 15 heavy (non-hydrogen) atoms. The molecule has 0 spiro atoms. The summed E-state index contributed by atoms with van der Waals surface area (Å²) >= 11 is 7.29. The van der Waals surface area contributed by atoms with Gasteiger partial charge in [0.15, 0.2) is 0 Å². The van der Waals surface area contributed by atoms with Crippen molar-refractivity contribution in [3.8, 4) is 0 Å². The lowest BCUT2D eigenvalue weighted by molar-refractivity contribution is -0.128. The Morgan fingerprint density at radius 1 is 1.67 bits per heavy atom. The number of halogens is 1. The molecule has 84 valence electrons. The summed E-state index contributed by atoms with van der Waals surface area (Å²) in [6, 6.07) is 0. The van der Waals surface area contributed by atoms with Crippen LogP contribution >= 0.6 is 22.9 Å². The Morgan fingerprint density at radius 3 is 2.80 bits per heavy atom. The van der Waals surface area contributed by atoms with Crippen molar-refractivity contribution in [1.82, 2.24) is 10.3 Å². The number of rotatable bonds is 4. The number of nitrogens with one attached hydrogen (secondary N) is 1. The molecule has 0 aromatic carbocycles. The van der Waals surface area contributed by atoms with Crippen LogP contribution < -0.4 is 5.32 Å². The fourth-order valence-electron chi connectivity index (χ4n) is 0.939. The average molecular weight is 247 g/mol. The molecule has 1 N–H and O–H groups in total. The van der Waals surface area contributed by atoms with Gasteiger partial charge in [-0.1, -0.05) is 0 Å². The number of thiazole rings is 1. The second-order valence-electron chi connectivity index (χ2n) is 4.06. The summed E-state index contributed by atoms with van der Waals surface area (Å²) in [5, 5.41) is 3.75. The Bertz CT molecular complexity index is 349. The first-order valence-corrected chi connectivity index (χ1v) is 6.06. The number of amides is 1. The number of aryl methyl sites for hydroxylation is 1. The molecular formula is C10H15ClN2OS. The maximum Gasteiger partial charge on any atom is 0.227 e. The molecule has 0 saturated heterocycles. The smallest absolute Gasteiger partial charge is 0.227 e. The highest BCUT2D eigenvalue weighted by Gasteiger charge is 2.26. The molecule has 1 amide bonds. The summed E-state index contributed by atoms with van der Waals surface area (Å²) < 4.78 is 0. The number of carbonyl (C=O) groups is 1. The maximum absolute atomic E-state index is 11.7. The molecule has 0 saturated carbocycles. The molecule has 0 bridgehead atoms. The first-order chi connectivity index (χ1) is 6.95. The van der Waals surface area contributed by atoms with Crippen molar-refractivity contribution < 1.29 is 4.79 Å². The molecule has 0 aliphatic heterocycles. The van der Waals surface area contributed by atoms with Crippen LogP contribution in [0.15, 0.2) is 6.20 Å². The molecule has 1 aromatic heterocycles. The summed E-state index contributed by atoms with van der Waals surface area (Å²) in [6.45, 7) is 6.12. The van der Waals surface area contributed by atoms with E-state index in [0.717, 1.165) is 9.88 Å². The van der Waals surface area contributed by atoms with Gasteiger partial charge in [0.05, 0.1) is 12.0 Å². The predicted molar refractivity (Wildman–Crippen MR) is 63.2 cm³/mol. The van der Waals surface area contributed by atoms with Crippen LogP contribution in [0.4, 0.5) is 0 Å². The third kappa shape index (κ3) is 3.47. The summed E-state index contributed by atoms with van der Waals surface area (Å²) in [6.07, 6.45) is 1.80. The van der Waals surface area contributed by atoms with Crippen LogP contribution in [-0.2, 0) is 11.3 Å². The van der Waals surface area contributed by atoms with E-state index in [1.807, 2.05) is 20.8 Å². The summed E-state index contributed by atoms with van der Waals surface area (Å²) in [7, 11) is 0. The molecule has 0 aliphatic rings. The minimum atomic E-state index is -0.520. The molecule has 0 radical (unpaired) electrons. The molecular weight excluding hydrogens is 232 g/mol. The van der Waals surface area contributed by atoms with Crippen molar-refractivity contribution in [2.24, 2.45) is 5.41 Å². The molecule has 0 aliphatic carbocycles. The van der Waals surface area contributed by atoms with Crippen LogP contribution in [0, 0.1) is 12.3 Å². The third-order valence-corrected chi connectivity index (χ3v) is 3.60. The van der Waals surface area contributed by atoms with E-state index < -0.39 is 5.41 Å². The van der Waals surface area contributed by atoms with Crippen LogP contribution in [0.5, 0.6) is 0 Å². The zero-order chi connectivity index (χ0) is 11.5. The SMILES string of the molecule is Cc1cnc(CNC(=O)C(C)(C)CCl)s1. The maximum atomic E-state index is 11.7. The van der Waals surface area contributed by atoms with Gasteiger partial charge in [0.2, 0.25) is 5.91 Å². The van der Waals surface area contributed by atoms with Gasteiger partial charge in [0, 0.05) is 17.0 Å². The van der Waals surface area contributed by atoms with Crippen molar-refractivity contribution in [3.05, 3.63) is 16.1 Å². The lowest BCUT2D eigenvalue weighted by Gasteiger charge is -2.19. The van der Waals surface area contributed by atoms with E-state index >= 15 is 0 Å². The van der Waals surface area contributed by atoms with Gasteiger partial charge in [-0.15, -0.1) is 22.9 Å². The highest BCUT2D eigenvalue weighted by molar-refractivity contribution is 7.11. The van der Waals surface area contributed by atoms with Crippen molar-refractivity contribution in [3.63, 3.8) is 0 Å². The van der Waals surface area contributed by atoms with E-state index in [4.69, 9.17) is 11.6 Å². The molecule has 1 heterocycles.